The van der Waals surface area contributed by atoms with Crippen molar-refractivity contribution >= 4 is 11.8 Å². The van der Waals surface area contributed by atoms with Crippen LogP contribution in [0.3, 0.4) is 0 Å². The van der Waals surface area contributed by atoms with Gasteiger partial charge < -0.3 is 24.1 Å². The summed E-state index contributed by atoms with van der Waals surface area (Å²) in [7, 11) is 1.49. The molecule has 1 heterocycles. The second-order valence-corrected chi connectivity index (χ2v) is 13.0. The lowest BCUT2D eigenvalue weighted by atomic mass is 9.59. The van der Waals surface area contributed by atoms with Crippen molar-refractivity contribution in [2.24, 2.45) is 34.5 Å². The van der Waals surface area contributed by atoms with Crippen LogP contribution in [0.25, 0.3) is 0 Å². The van der Waals surface area contributed by atoms with Crippen LogP contribution in [0.1, 0.15) is 58.3 Å². The Hall–Kier alpha value is -2.48. The SMILES string of the molecule is COc1ccccc1C(=O)O[C@H]1C(C)=C[C@]23C(=O)[C@@H](C=C4COC(C)(C)OC4[C@]12O)[C@H]1[C@@H](C[C@H]3C)C1(C)C. The smallest absolute Gasteiger partial charge is 0.342 e. The average molecular weight is 523 g/mol. The molecule has 4 aliphatic carbocycles. The van der Waals surface area contributed by atoms with Crippen LogP contribution in [0.4, 0.5) is 0 Å². The van der Waals surface area contributed by atoms with Crippen molar-refractivity contribution in [1.29, 1.82) is 0 Å². The number of para-hydroxylation sites is 1. The van der Waals surface area contributed by atoms with Crippen molar-refractivity contribution in [1.82, 2.24) is 0 Å². The van der Waals surface area contributed by atoms with Crippen molar-refractivity contribution in [3.05, 3.63) is 53.1 Å². The quantitative estimate of drug-likeness (QED) is 0.462. The van der Waals surface area contributed by atoms with Crippen molar-refractivity contribution in [3.63, 3.8) is 0 Å². The number of aliphatic hydroxyl groups is 1. The highest BCUT2D eigenvalue weighted by molar-refractivity contribution is 5.96. The maximum Gasteiger partial charge on any atom is 0.342 e. The van der Waals surface area contributed by atoms with E-state index in [4.69, 9.17) is 18.9 Å². The summed E-state index contributed by atoms with van der Waals surface area (Å²) in [6.45, 7) is 12.2. The first-order chi connectivity index (χ1) is 17.8. The van der Waals surface area contributed by atoms with E-state index in [1.54, 1.807) is 38.1 Å². The minimum Gasteiger partial charge on any atom is -0.496 e. The van der Waals surface area contributed by atoms with E-state index in [-0.39, 0.29) is 41.1 Å². The predicted molar refractivity (Wildman–Crippen MR) is 139 cm³/mol. The monoisotopic (exact) mass is 522 g/mol. The van der Waals surface area contributed by atoms with Crippen LogP contribution >= 0.6 is 0 Å². The zero-order valence-corrected chi connectivity index (χ0v) is 23.2. The molecule has 0 radical (unpaired) electrons. The van der Waals surface area contributed by atoms with Crippen molar-refractivity contribution in [2.75, 3.05) is 13.7 Å². The maximum absolute atomic E-state index is 14.7. The van der Waals surface area contributed by atoms with Crippen molar-refractivity contribution in [2.45, 2.75) is 71.6 Å². The zero-order chi connectivity index (χ0) is 27.4. The topological polar surface area (TPSA) is 91.3 Å². The molecule has 1 unspecified atom stereocenters. The van der Waals surface area contributed by atoms with Gasteiger partial charge in [0.15, 0.2) is 23.3 Å². The van der Waals surface area contributed by atoms with Gasteiger partial charge in [-0.15, -0.1) is 0 Å². The van der Waals surface area contributed by atoms with E-state index in [1.807, 2.05) is 19.1 Å². The molecule has 1 aliphatic heterocycles. The Kier molecular flexibility index (Phi) is 5.44. The van der Waals surface area contributed by atoms with Gasteiger partial charge in [-0.2, -0.15) is 0 Å². The van der Waals surface area contributed by atoms with Crippen LogP contribution in [0.2, 0.25) is 0 Å². The number of esters is 1. The lowest BCUT2D eigenvalue weighted by Crippen LogP contribution is -2.68. The second kappa shape index (κ2) is 8.03. The zero-order valence-electron chi connectivity index (χ0n) is 23.2. The number of fused-ring (bicyclic) bond motifs is 5. The number of ether oxygens (including phenoxy) is 4. The molecule has 7 heteroatoms. The van der Waals surface area contributed by atoms with Crippen molar-refractivity contribution in [3.8, 4) is 5.75 Å². The first-order valence-electron chi connectivity index (χ1n) is 13.6. The largest absolute Gasteiger partial charge is 0.496 e. The van der Waals surface area contributed by atoms with Crippen LogP contribution in [0, 0.1) is 34.5 Å². The molecule has 2 saturated carbocycles. The summed E-state index contributed by atoms with van der Waals surface area (Å²) >= 11 is 0. The number of hydrogen-bond acceptors (Lipinski definition) is 7. The molecule has 7 nitrogen and oxygen atoms in total. The molecule has 0 amide bonds. The normalized spacial score (nSPS) is 41.8. The van der Waals surface area contributed by atoms with Gasteiger partial charge in [-0.1, -0.05) is 45.1 Å². The fourth-order valence-corrected chi connectivity index (χ4v) is 8.28. The Morgan fingerprint density at radius 3 is 2.58 bits per heavy atom. The molecule has 6 rings (SSSR count). The number of ketones is 1. The number of hydrogen-bond donors (Lipinski definition) is 1. The Balaban J connectivity index is 1.51. The molecule has 3 fully saturated rings. The van der Waals surface area contributed by atoms with Crippen molar-refractivity contribution < 1.29 is 33.6 Å². The summed E-state index contributed by atoms with van der Waals surface area (Å²) in [4.78, 5) is 28.3. The third-order valence-corrected chi connectivity index (χ3v) is 10.2. The lowest BCUT2D eigenvalue weighted by molar-refractivity contribution is -0.302. The van der Waals surface area contributed by atoms with Gasteiger partial charge in [0.25, 0.3) is 0 Å². The molecule has 204 valence electrons. The van der Waals surface area contributed by atoms with E-state index in [9.17, 15) is 14.7 Å². The van der Waals surface area contributed by atoms with Gasteiger partial charge in [-0.3, -0.25) is 4.79 Å². The van der Waals surface area contributed by atoms with Crippen LogP contribution in [0.5, 0.6) is 5.75 Å². The number of Topliss-reactive ketones (excluding diaryl/α,β-unsaturated/α-hetero) is 1. The molecule has 1 saturated heterocycles. The molecule has 0 aromatic heterocycles. The second-order valence-electron chi connectivity index (χ2n) is 13.0. The summed E-state index contributed by atoms with van der Waals surface area (Å²) in [5.74, 6) is -1.25. The first-order valence-corrected chi connectivity index (χ1v) is 13.6. The number of carbonyl (C=O) groups is 2. The molecule has 2 bridgehead atoms. The van der Waals surface area contributed by atoms with Gasteiger partial charge in [0.05, 0.1) is 19.1 Å². The molecule has 1 spiro atoms. The van der Waals surface area contributed by atoms with Crippen LogP contribution in [-0.4, -0.2) is 54.2 Å². The minimum absolute atomic E-state index is 0.0101. The average Bonchev–Trinajstić information content (AvgIpc) is 3.36. The van der Waals surface area contributed by atoms with E-state index in [0.29, 0.717) is 17.2 Å². The molecular formula is C31H38O7. The van der Waals surface area contributed by atoms with Gasteiger partial charge >= 0.3 is 5.97 Å². The van der Waals surface area contributed by atoms with E-state index < -0.39 is 35.0 Å². The highest BCUT2D eigenvalue weighted by Gasteiger charge is 2.77. The Morgan fingerprint density at radius 1 is 1.16 bits per heavy atom. The predicted octanol–water partition coefficient (Wildman–Crippen LogP) is 4.49. The highest BCUT2D eigenvalue weighted by Crippen LogP contribution is 2.72. The minimum atomic E-state index is -1.84. The fraction of sp³-hybridized carbons (Fsp3) is 0.613. The summed E-state index contributed by atoms with van der Waals surface area (Å²) in [6.07, 6.45) is 2.73. The standard InChI is InChI=1S/C31H38O7/c1-16-14-30-17(2)12-21-23(28(21,3)4)20(24(30)32)13-18-15-36-29(5,6)38-26(18)31(30,34)25(16)37-27(33)19-10-8-9-11-22(19)35-7/h8-11,13-14,17,20-21,23,25-26,34H,12,15H2,1-7H3/t17-,20+,21-,23+,25+,26?,30+,31-/m1/s1. The van der Waals surface area contributed by atoms with Crippen LogP contribution in [0.15, 0.2) is 47.6 Å². The Morgan fingerprint density at radius 2 is 1.87 bits per heavy atom. The summed E-state index contributed by atoms with van der Waals surface area (Å²) < 4.78 is 24.1. The maximum atomic E-state index is 14.7. The lowest BCUT2D eigenvalue weighted by Gasteiger charge is -2.52. The highest BCUT2D eigenvalue weighted by atomic mass is 16.7. The molecular weight excluding hydrogens is 484 g/mol. The number of benzene rings is 1. The number of carbonyl (C=O) groups excluding carboxylic acids is 2. The molecule has 1 N–H and O–H groups in total. The van der Waals surface area contributed by atoms with E-state index >= 15 is 0 Å². The first kappa shape index (κ1) is 25.8. The van der Waals surface area contributed by atoms with Crippen LogP contribution < -0.4 is 4.74 Å². The van der Waals surface area contributed by atoms with Gasteiger partial charge in [0.1, 0.15) is 17.4 Å². The number of rotatable bonds is 3. The fourth-order valence-electron chi connectivity index (χ4n) is 8.28. The molecule has 8 atom stereocenters. The van der Waals surface area contributed by atoms with Gasteiger partial charge in [0.2, 0.25) is 0 Å². The van der Waals surface area contributed by atoms with Gasteiger partial charge in [-0.05, 0) is 73.6 Å². The summed E-state index contributed by atoms with van der Waals surface area (Å²) in [6, 6.07) is 6.83. The van der Waals surface area contributed by atoms with Crippen LogP contribution in [-0.2, 0) is 19.0 Å². The molecule has 1 aromatic carbocycles. The van der Waals surface area contributed by atoms with E-state index in [2.05, 4.69) is 20.8 Å². The number of methoxy groups -OCH3 is 1. The molecule has 1 aromatic rings. The molecule has 5 aliphatic rings. The Bertz CT molecular complexity index is 1270. The van der Waals surface area contributed by atoms with E-state index in [0.717, 1.165) is 12.0 Å². The van der Waals surface area contributed by atoms with E-state index in [1.165, 1.54) is 7.11 Å². The third-order valence-electron chi connectivity index (χ3n) is 10.2. The summed E-state index contributed by atoms with van der Waals surface area (Å²) in [5.41, 5.74) is -1.43. The van der Waals surface area contributed by atoms with Gasteiger partial charge in [-0.25, -0.2) is 4.79 Å². The Labute approximate surface area is 224 Å². The molecule has 38 heavy (non-hydrogen) atoms. The number of allylic oxidation sites excluding steroid dienone is 1. The third kappa shape index (κ3) is 3.18. The van der Waals surface area contributed by atoms with Gasteiger partial charge in [0, 0.05) is 5.92 Å². The summed E-state index contributed by atoms with van der Waals surface area (Å²) in [5, 5.41) is 13.1.